The summed E-state index contributed by atoms with van der Waals surface area (Å²) in [5, 5.41) is 22.9. The van der Waals surface area contributed by atoms with Crippen LogP contribution < -0.4 is 5.32 Å². The number of aliphatic hydroxyl groups excluding tert-OH is 2. The predicted molar refractivity (Wildman–Crippen MR) is 287 cm³/mol. The molecule has 0 aromatic heterocycles. The van der Waals surface area contributed by atoms with Crippen LogP contribution in [0.1, 0.15) is 322 Å². The van der Waals surface area contributed by atoms with Crippen LogP contribution >= 0.6 is 0 Å². The Labute approximate surface area is 411 Å². The number of carbonyl (C=O) groups is 2. The Balaban J connectivity index is 3.36. The summed E-state index contributed by atoms with van der Waals surface area (Å²) >= 11 is 0. The SMILES string of the molecule is CCCCCCCCC/C=C/C(O)C(CO)NC(=O)CCCCCCCCCCCC/C=C\CCCCCCCCCCCCCCOC(=O)CCCCCCCCCCCCCCCC. The second-order valence-electron chi connectivity index (χ2n) is 20.3. The molecule has 0 spiro atoms. The van der Waals surface area contributed by atoms with Gasteiger partial charge >= 0.3 is 5.97 Å². The van der Waals surface area contributed by atoms with E-state index in [1.54, 1.807) is 6.08 Å². The summed E-state index contributed by atoms with van der Waals surface area (Å²) in [4.78, 5) is 24.4. The monoisotopic (exact) mass is 930 g/mol. The molecule has 0 aromatic rings. The van der Waals surface area contributed by atoms with E-state index < -0.39 is 12.1 Å². The summed E-state index contributed by atoms with van der Waals surface area (Å²) < 4.78 is 5.48. The number of ether oxygens (including phenoxy) is 1. The molecular weight excluding hydrogens is 815 g/mol. The molecule has 2 atom stereocenters. The molecule has 6 nitrogen and oxygen atoms in total. The first-order valence-corrected chi connectivity index (χ1v) is 29.6. The van der Waals surface area contributed by atoms with Gasteiger partial charge in [0.05, 0.1) is 25.4 Å². The molecule has 0 bridgehead atoms. The average Bonchev–Trinajstić information content (AvgIpc) is 3.32. The molecule has 0 aliphatic rings. The lowest BCUT2D eigenvalue weighted by Gasteiger charge is -2.20. The van der Waals surface area contributed by atoms with Gasteiger partial charge in [0.1, 0.15) is 0 Å². The van der Waals surface area contributed by atoms with Crippen LogP contribution in [0.2, 0.25) is 0 Å². The molecular formula is C60H115NO5. The normalized spacial score (nSPS) is 12.7. The number of esters is 1. The van der Waals surface area contributed by atoms with Crippen LogP contribution in [0.4, 0.5) is 0 Å². The molecule has 0 saturated heterocycles. The molecule has 0 aliphatic heterocycles. The van der Waals surface area contributed by atoms with E-state index in [9.17, 15) is 19.8 Å². The smallest absolute Gasteiger partial charge is 0.305 e. The van der Waals surface area contributed by atoms with Gasteiger partial charge in [-0.2, -0.15) is 0 Å². The van der Waals surface area contributed by atoms with Crippen molar-refractivity contribution in [3.63, 3.8) is 0 Å². The first-order valence-electron chi connectivity index (χ1n) is 29.6. The maximum absolute atomic E-state index is 12.4. The van der Waals surface area contributed by atoms with E-state index in [-0.39, 0.29) is 18.5 Å². The third-order valence-corrected chi connectivity index (χ3v) is 13.7. The van der Waals surface area contributed by atoms with Gasteiger partial charge < -0.3 is 20.3 Å². The van der Waals surface area contributed by atoms with Crippen LogP contribution in [-0.2, 0) is 14.3 Å². The number of nitrogens with one attached hydrogen (secondary N) is 1. The van der Waals surface area contributed by atoms with Crippen LogP contribution in [0.3, 0.4) is 0 Å². The number of unbranched alkanes of at least 4 members (excludes halogenated alkanes) is 42. The summed E-state index contributed by atoms with van der Waals surface area (Å²) in [6.45, 7) is 4.89. The fourth-order valence-corrected chi connectivity index (χ4v) is 9.16. The zero-order valence-corrected chi connectivity index (χ0v) is 44.4. The van der Waals surface area contributed by atoms with E-state index in [0.717, 1.165) is 38.5 Å². The molecule has 390 valence electrons. The zero-order valence-electron chi connectivity index (χ0n) is 44.4. The Morgan fingerprint density at radius 3 is 1.08 bits per heavy atom. The van der Waals surface area contributed by atoms with Crippen molar-refractivity contribution < 1.29 is 24.5 Å². The maximum Gasteiger partial charge on any atom is 0.305 e. The first-order chi connectivity index (χ1) is 32.5. The molecule has 0 rings (SSSR count). The van der Waals surface area contributed by atoms with Gasteiger partial charge in [-0.1, -0.05) is 276 Å². The van der Waals surface area contributed by atoms with Crippen LogP contribution in [0.15, 0.2) is 24.3 Å². The van der Waals surface area contributed by atoms with Gasteiger partial charge in [0.2, 0.25) is 5.91 Å². The fraction of sp³-hybridized carbons (Fsp3) is 0.900. The molecule has 0 saturated carbocycles. The number of allylic oxidation sites excluding steroid dienone is 3. The minimum atomic E-state index is -0.843. The van der Waals surface area contributed by atoms with Crippen LogP contribution in [0.5, 0.6) is 0 Å². The highest BCUT2D eigenvalue weighted by atomic mass is 16.5. The quantitative estimate of drug-likeness (QED) is 0.0321. The molecule has 3 N–H and O–H groups in total. The van der Waals surface area contributed by atoms with Crippen LogP contribution in [0, 0.1) is 0 Å². The lowest BCUT2D eigenvalue weighted by atomic mass is 10.0. The minimum absolute atomic E-state index is 0.0161. The number of hydrogen-bond donors (Lipinski definition) is 3. The Morgan fingerprint density at radius 2 is 0.712 bits per heavy atom. The van der Waals surface area contributed by atoms with E-state index in [2.05, 4.69) is 31.3 Å². The molecule has 1 amide bonds. The Bertz CT molecular complexity index is 1030. The van der Waals surface area contributed by atoms with Gasteiger partial charge in [-0.05, 0) is 57.8 Å². The van der Waals surface area contributed by atoms with Crippen molar-refractivity contribution in [3.8, 4) is 0 Å². The van der Waals surface area contributed by atoms with Gasteiger partial charge in [0.25, 0.3) is 0 Å². The first kappa shape index (κ1) is 64.3. The summed E-state index contributed by atoms with van der Waals surface area (Å²) in [7, 11) is 0. The highest BCUT2D eigenvalue weighted by Gasteiger charge is 2.18. The molecule has 0 aliphatic carbocycles. The molecule has 0 heterocycles. The molecule has 66 heavy (non-hydrogen) atoms. The lowest BCUT2D eigenvalue weighted by molar-refractivity contribution is -0.143. The Morgan fingerprint density at radius 1 is 0.409 bits per heavy atom. The number of rotatable bonds is 55. The molecule has 0 fully saturated rings. The van der Waals surface area contributed by atoms with E-state index in [1.165, 1.54) is 257 Å². The van der Waals surface area contributed by atoms with E-state index in [1.807, 2.05) is 6.08 Å². The topological polar surface area (TPSA) is 95.9 Å². The molecule has 0 aromatic carbocycles. The second-order valence-corrected chi connectivity index (χ2v) is 20.3. The van der Waals surface area contributed by atoms with Gasteiger partial charge in [-0.3, -0.25) is 9.59 Å². The lowest BCUT2D eigenvalue weighted by Crippen LogP contribution is -2.45. The van der Waals surface area contributed by atoms with Crippen LogP contribution in [0.25, 0.3) is 0 Å². The largest absolute Gasteiger partial charge is 0.466 e. The minimum Gasteiger partial charge on any atom is -0.466 e. The highest BCUT2D eigenvalue weighted by molar-refractivity contribution is 5.76. The van der Waals surface area contributed by atoms with Crippen molar-refractivity contribution in [2.45, 2.75) is 334 Å². The van der Waals surface area contributed by atoms with Crippen LogP contribution in [-0.4, -0.2) is 47.4 Å². The summed E-state index contributed by atoms with van der Waals surface area (Å²) in [5.41, 5.74) is 0. The zero-order chi connectivity index (χ0) is 47.9. The molecule has 6 heteroatoms. The third-order valence-electron chi connectivity index (χ3n) is 13.7. The van der Waals surface area contributed by atoms with E-state index >= 15 is 0 Å². The summed E-state index contributed by atoms with van der Waals surface area (Å²) in [6.07, 6.45) is 68.0. The van der Waals surface area contributed by atoms with Crippen molar-refractivity contribution in [3.05, 3.63) is 24.3 Å². The van der Waals surface area contributed by atoms with E-state index in [0.29, 0.717) is 19.4 Å². The van der Waals surface area contributed by atoms with Gasteiger partial charge in [-0.25, -0.2) is 0 Å². The standard InChI is InChI=1S/C60H115NO5/c1-3-5-7-9-11-13-14-15-31-34-38-42-46-50-54-60(65)66-55-51-47-43-39-35-32-29-27-25-23-21-19-17-16-18-20-22-24-26-28-30-33-37-41-45-49-53-59(64)61-57(56-62)58(63)52-48-44-40-36-12-10-8-6-4-2/h16,18,48,52,57-58,62-63H,3-15,17,19-47,49-51,53-56H2,1-2H3,(H,61,64)/b18-16-,52-48+. The van der Waals surface area contributed by atoms with Gasteiger partial charge in [0, 0.05) is 12.8 Å². The van der Waals surface area contributed by atoms with Gasteiger partial charge in [-0.15, -0.1) is 0 Å². The highest BCUT2D eigenvalue weighted by Crippen LogP contribution is 2.17. The van der Waals surface area contributed by atoms with Crippen molar-refractivity contribution in [1.82, 2.24) is 5.32 Å². The van der Waals surface area contributed by atoms with Crippen molar-refractivity contribution in [2.24, 2.45) is 0 Å². The molecule has 0 radical (unpaired) electrons. The van der Waals surface area contributed by atoms with Crippen molar-refractivity contribution in [2.75, 3.05) is 13.2 Å². The summed E-state index contributed by atoms with van der Waals surface area (Å²) in [6, 6.07) is -0.626. The number of hydrogen-bond acceptors (Lipinski definition) is 5. The van der Waals surface area contributed by atoms with Gasteiger partial charge in [0.15, 0.2) is 0 Å². The number of aliphatic hydroxyl groups is 2. The number of carbonyl (C=O) groups excluding carboxylic acids is 2. The maximum atomic E-state index is 12.4. The second kappa shape index (κ2) is 55.9. The Kier molecular flexibility index (Phi) is 54.5. The Hall–Kier alpha value is -1.66. The molecule has 2 unspecified atom stereocenters. The summed E-state index contributed by atoms with van der Waals surface area (Å²) in [5.74, 6) is -0.0559. The van der Waals surface area contributed by atoms with Crippen molar-refractivity contribution in [1.29, 1.82) is 0 Å². The number of amides is 1. The predicted octanol–water partition coefficient (Wildman–Crippen LogP) is 18.2. The third kappa shape index (κ3) is 51.7. The average molecular weight is 931 g/mol. The van der Waals surface area contributed by atoms with E-state index in [4.69, 9.17) is 4.74 Å². The fourth-order valence-electron chi connectivity index (χ4n) is 9.16. The van der Waals surface area contributed by atoms with Crippen molar-refractivity contribution >= 4 is 11.9 Å².